The molecule has 0 unspecified atom stereocenters. The quantitative estimate of drug-likeness (QED) is 0.847. The van der Waals surface area contributed by atoms with Crippen molar-refractivity contribution in [3.8, 4) is 0 Å². The lowest BCUT2D eigenvalue weighted by Gasteiger charge is -2.38. The van der Waals surface area contributed by atoms with Crippen molar-refractivity contribution in [1.82, 2.24) is 15.2 Å². The molecule has 2 N–H and O–H groups in total. The summed E-state index contributed by atoms with van der Waals surface area (Å²) in [4.78, 5) is 18.5. The van der Waals surface area contributed by atoms with E-state index in [1.54, 1.807) is 16.8 Å². The van der Waals surface area contributed by atoms with Gasteiger partial charge in [-0.2, -0.15) is 0 Å². The van der Waals surface area contributed by atoms with Gasteiger partial charge in [0, 0.05) is 24.9 Å². The van der Waals surface area contributed by atoms with Gasteiger partial charge < -0.3 is 15.3 Å². The molecule has 2 amide bonds. The van der Waals surface area contributed by atoms with Crippen LogP contribution in [0.3, 0.4) is 0 Å². The smallest absolute Gasteiger partial charge is 0.317 e. The van der Waals surface area contributed by atoms with Crippen molar-refractivity contribution < 1.29 is 9.90 Å². The van der Waals surface area contributed by atoms with E-state index < -0.39 is 0 Å². The number of likely N-dealkylation sites (tertiary alicyclic amines) is 1. The fourth-order valence-electron chi connectivity index (χ4n) is 3.21. The minimum Gasteiger partial charge on any atom is -0.394 e. The average Bonchev–Trinajstić information content (AvgIpc) is 3.08. The Balaban J connectivity index is 1.90. The highest BCUT2D eigenvalue weighted by Crippen LogP contribution is 2.34. The number of urea groups is 1. The van der Waals surface area contributed by atoms with E-state index >= 15 is 0 Å². The van der Waals surface area contributed by atoms with Gasteiger partial charge >= 0.3 is 6.03 Å². The van der Waals surface area contributed by atoms with Gasteiger partial charge in [-0.25, -0.2) is 9.78 Å². The highest BCUT2D eigenvalue weighted by molar-refractivity contribution is 7.07. The zero-order valence-electron chi connectivity index (χ0n) is 12.8. The third-order valence-corrected chi connectivity index (χ3v) is 4.70. The van der Waals surface area contributed by atoms with Crippen molar-refractivity contribution in [3.05, 3.63) is 16.6 Å². The molecule has 1 aromatic rings. The molecule has 1 aliphatic heterocycles. The van der Waals surface area contributed by atoms with Crippen molar-refractivity contribution in [2.24, 2.45) is 5.92 Å². The van der Waals surface area contributed by atoms with Gasteiger partial charge in [0.1, 0.15) is 0 Å². The van der Waals surface area contributed by atoms with E-state index in [2.05, 4.69) is 24.1 Å². The summed E-state index contributed by atoms with van der Waals surface area (Å²) in [6, 6.07) is -0.0579. The molecule has 0 saturated carbocycles. The minimum atomic E-state index is -0.376. The first-order chi connectivity index (χ1) is 10.1. The second-order valence-electron chi connectivity index (χ2n) is 6.20. The molecule has 5 nitrogen and oxygen atoms in total. The number of thiazole rings is 1. The summed E-state index contributed by atoms with van der Waals surface area (Å²) in [5.41, 5.74) is 2.44. The first kappa shape index (κ1) is 16.2. The maximum absolute atomic E-state index is 12.4. The van der Waals surface area contributed by atoms with Gasteiger partial charge in [0.15, 0.2) is 0 Å². The molecule has 21 heavy (non-hydrogen) atoms. The molecule has 0 aliphatic carbocycles. The Kier molecular flexibility index (Phi) is 5.58. The van der Waals surface area contributed by atoms with Crippen LogP contribution in [0.4, 0.5) is 4.79 Å². The van der Waals surface area contributed by atoms with Crippen LogP contribution in [0.5, 0.6) is 0 Å². The predicted octanol–water partition coefficient (Wildman–Crippen LogP) is 2.27. The van der Waals surface area contributed by atoms with Gasteiger partial charge in [-0.1, -0.05) is 13.8 Å². The lowest BCUT2D eigenvalue weighted by Crippen LogP contribution is -2.54. The molecule has 0 bridgehead atoms. The molecule has 1 aliphatic rings. The van der Waals surface area contributed by atoms with Crippen LogP contribution in [-0.4, -0.2) is 46.3 Å². The average molecular weight is 311 g/mol. The van der Waals surface area contributed by atoms with Gasteiger partial charge in [-0.3, -0.25) is 0 Å². The van der Waals surface area contributed by atoms with Crippen molar-refractivity contribution in [3.63, 3.8) is 0 Å². The summed E-state index contributed by atoms with van der Waals surface area (Å²) in [5.74, 6) is 0.459. The number of hydrogen-bond donors (Lipinski definition) is 2. The zero-order valence-corrected chi connectivity index (χ0v) is 13.7. The maximum Gasteiger partial charge on any atom is 0.317 e. The van der Waals surface area contributed by atoms with Crippen LogP contribution in [0.2, 0.25) is 0 Å². The van der Waals surface area contributed by atoms with Crippen LogP contribution < -0.4 is 5.32 Å². The van der Waals surface area contributed by atoms with E-state index in [9.17, 15) is 9.90 Å². The summed E-state index contributed by atoms with van der Waals surface area (Å²) >= 11 is 1.57. The molecule has 2 heterocycles. The number of amides is 2. The summed E-state index contributed by atoms with van der Waals surface area (Å²) in [5, 5.41) is 14.8. The number of hydrogen-bond acceptors (Lipinski definition) is 4. The molecule has 0 aromatic carbocycles. The van der Waals surface area contributed by atoms with Gasteiger partial charge in [-0.05, 0) is 25.2 Å². The van der Waals surface area contributed by atoms with E-state index in [4.69, 9.17) is 0 Å². The first-order valence-corrected chi connectivity index (χ1v) is 8.55. The summed E-state index contributed by atoms with van der Waals surface area (Å²) in [6.45, 7) is 5.63. The van der Waals surface area contributed by atoms with E-state index in [-0.39, 0.29) is 18.2 Å². The van der Waals surface area contributed by atoms with Gasteiger partial charge in [-0.15, -0.1) is 11.3 Å². The van der Waals surface area contributed by atoms with Crippen LogP contribution in [0.15, 0.2) is 10.9 Å². The van der Waals surface area contributed by atoms with E-state index in [1.807, 2.05) is 10.3 Å². The molecule has 118 valence electrons. The Hall–Kier alpha value is -1.14. The van der Waals surface area contributed by atoms with Crippen LogP contribution in [0.25, 0.3) is 0 Å². The lowest BCUT2D eigenvalue weighted by atomic mass is 9.87. The Bertz CT molecular complexity index is 450. The number of carbonyl (C=O) groups excluding carboxylic acids is 1. The molecule has 1 atom stereocenters. The van der Waals surface area contributed by atoms with Crippen molar-refractivity contribution in [1.29, 1.82) is 0 Å². The topological polar surface area (TPSA) is 65.5 Å². The van der Waals surface area contributed by atoms with Crippen molar-refractivity contribution >= 4 is 17.4 Å². The van der Waals surface area contributed by atoms with Gasteiger partial charge in [0.05, 0.1) is 23.4 Å². The Morgan fingerprint density at radius 2 is 2.43 bits per heavy atom. The SMILES string of the molecule is CC(C)C[C@]1(CO)CCCN1C(=O)NCCc1cscn1. The van der Waals surface area contributed by atoms with E-state index in [0.29, 0.717) is 12.5 Å². The molecular weight excluding hydrogens is 286 g/mol. The van der Waals surface area contributed by atoms with Crippen molar-refractivity contribution in [2.45, 2.75) is 45.1 Å². The normalized spacial score (nSPS) is 22.0. The van der Waals surface area contributed by atoms with Crippen LogP contribution in [-0.2, 0) is 6.42 Å². The number of aliphatic hydroxyl groups excluding tert-OH is 1. The Morgan fingerprint density at radius 1 is 1.62 bits per heavy atom. The van der Waals surface area contributed by atoms with Gasteiger partial charge in [0.25, 0.3) is 0 Å². The van der Waals surface area contributed by atoms with Gasteiger partial charge in [0.2, 0.25) is 0 Å². The summed E-state index contributed by atoms with van der Waals surface area (Å²) in [6.07, 6.45) is 3.45. The zero-order chi connectivity index (χ0) is 15.3. The first-order valence-electron chi connectivity index (χ1n) is 7.61. The highest BCUT2D eigenvalue weighted by atomic mass is 32.1. The molecule has 1 aromatic heterocycles. The summed E-state index contributed by atoms with van der Waals surface area (Å²) in [7, 11) is 0. The third kappa shape index (κ3) is 3.95. The maximum atomic E-state index is 12.4. The van der Waals surface area contributed by atoms with Crippen molar-refractivity contribution in [2.75, 3.05) is 19.7 Å². The molecule has 0 radical (unpaired) electrons. The fourth-order valence-corrected chi connectivity index (χ4v) is 3.80. The third-order valence-electron chi connectivity index (χ3n) is 4.06. The number of aliphatic hydroxyl groups is 1. The van der Waals surface area contributed by atoms with E-state index in [0.717, 1.165) is 37.9 Å². The molecule has 1 saturated heterocycles. The highest BCUT2D eigenvalue weighted by Gasteiger charge is 2.43. The molecule has 0 spiro atoms. The lowest BCUT2D eigenvalue weighted by molar-refractivity contribution is 0.0677. The summed E-state index contributed by atoms with van der Waals surface area (Å²) < 4.78 is 0. The Labute approximate surface area is 130 Å². The monoisotopic (exact) mass is 311 g/mol. The number of carbonyl (C=O) groups is 1. The molecule has 1 fully saturated rings. The largest absolute Gasteiger partial charge is 0.394 e. The standard InChI is InChI=1S/C15H25N3O2S/c1-12(2)8-15(10-19)5-3-7-18(15)14(20)16-6-4-13-9-21-11-17-13/h9,11-12,19H,3-8,10H2,1-2H3,(H,16,20)/t15-/m0/s1. The Morgan fingerprint density at radius 3 is 3.05 bits per heavy atom. The number of rotatable bonds is 6. The minimum absolute atomic E-state index is 0.0463. The molecule has 2 rings (SSSR count). The van der Waals surface area contributed by atoms with Crippen LogP contribution >= 0.6 is 11.3 Å². The van der Waals surface area contributed by atoms with Crippen LogP contribution in [0, 0.1) is 5.92 Å². The van der Waals surface area contributed by atoms with E-state index in [1.165, 1.54) is 0 Å². The molecule has 6 heteroatoms. The number of nitrogens with one attached hydrogen (secondary N) is 1. The predicted molar refractivity (Wildman–Crippen MR) is 84.4 cm³/mol. The number of aromatic nitrogens is 1. The number of nitrogens with zero attached hydrogens (tertiary/aromatic N) is 2. The second-order valence-corrected chi connectivity index (χ2v) is 6.92. The molecular formula is C15H25N3O2S. The second kappa shape index (κ2) is 7.22. The van der Waals surface area contributed by atoms with Crippen LogP contribution in [0.1, 0.15) is 38.8 Å². The fraction of sp³-hybridized carbons (Fsp3) is 0.733.